The zero-order valence-corrected chi connectivity index (χ0v) is 19.1. The number of benzene rings is 1. The number of hydrogen-bond donors (Lipinski definition) is 0. The van der Waals surface area contributed by atoms with E-state index in [1.807, 2.05) is 17.0 Å². The number of halogens is 2. The molecule has 1 aromatic carbocycles. The van der Waals surface area contributed by atoms with E-state index in [-0.39, 0.29) is 30.7 Å². The molecule has 0 spiro atoms. The summed E-state index contributed by atoms with van der Waals surface area (Å²) in [6, 6.07) is 10.4. The Labute approximate surface area is 191 Å². The number of fused-ring (bicyclic) bond motifs is 1. The Morgan fingerprint density at radius 2 is 1.80 bits per heavy atom. The highest BCUT2D eigenvalue weighted by atomic mass is 35.5. The first-order chi connectivity index (χ1) is 13.7. The molecule has 1 aromatic heterocycles. The van der Waals surface area contributed by atoms with Gasteiger partial charge in [-0.3, -0.25) is 9.78 Å². The van der Waals surface area contributed by atoms with Gasteiger partial charge in [-0.05, 0) is 73.2 Å². The molecule has 30 heavy (non-hydrogen) atoms. The molecular weight excluding hydrogens is 421 g/mol. The van der Waals surface area contributed by atoms with E-state index < -0.39 is 0 Å². The summed E-state index contributed by atoms with van der Waals surface area (Å²) in [5.74, 6) is 1.71. The Morgan fingerprint density at radius 3 is 2.53 bits per heavy atom. The van der Waals surface area contributed by atoms with Crippen molar-refractivity contribution in [1.29, 1.82) is 0 Å². The van der Waals surface area contributed by atoms with Crippen LogP contribution >= 0.6 is 24.8 Å². The fourth-order valence-electron chi connectivity index (χ4n) is 4.11. The fraction of sp³-hybridized carbons (Fsp3) is 0.478. The van der Waals surface area contributed by atoms with E-state index in [1.54, 1.807) is 12.4 Å². The molecule has 2 aromatic rings. The summed E-state index contributed by atoms with van der Waals surface area (Å²) in [7, 11) is 2.17. The van der Waals surface area contributed by atoms with E-state index in [2.05, 4.69) is 35.1 Å². The highest BCUT2D eigenvalue weighted by Crippen LogP contribution is 2.25. The molecule has 3 heterocycles. The summed E-state index contributed by atoms with van der Waals surface area (Å²) in [6.45, 7) is 4.52. The number of carbonyl (C=O) groups excluding carboxylic acids is 1. The molecule has 7 heteroatoms. The average Bonchev–Trinajstić information content (AvgIpc) is 2.73. The topological polar surface area (TPSA) is 45.7 Å². The lowest BCUT2D eigenvalue weighted by atomic mass is 9.97. The monoisotopic (exact) mass is 451 g/mol. The van der Waals surface area contributed by atoms with Crippen molar-refractivity contribution < 1.29 is 9.53 Å². The van der Waals surface area contributed by atoms with E-state index in [9.17, 15) is 4.79 Å². The van der Waals surface area contributed by atoms with Crippen LogP contribution < -0.4 is 4.74 Å². The molecule has 1 amide bonds. The molecular formula is C23H31Cl2N3O2. The lowest BCUT2D eigenvalue weighted by Crippen LogP contribution is -2.40. The van der Waals surface area contributed by atoms with Crippen molar-refractivity contribution in [2.24, 2.45) is 5.92 Å². The van der Waals surface area contributed by atoms with Crippen LogP contribution in [-0.2, 0) is 24.2 Å². The van der Waals surface area contributed by atoms with Crippen LogP contribution in [0.25, 0.3) is 0 Å². The van der Waals surface area contributed by atoms with Gasteiger partial charge < -0.3 is 14.5 Å². The van der Waals surface area contributed by atoms with Gasteiger partial charge in [0, 0.05) is 38.6 Å². The third-order valence-electron chi connectivity index (χ3n) is 5.94. The van der Waals surface area contributed by atoms with E-state index in [1.165, 1.54) is 11.1 Å². The van der Waals surface area contributed by atoms with Crippen molar-refractivity contribution in [2.75, 3.05) is 33.3 Å². The second-order valence-corrected chi connectivity index (χ2v) is 8.09. The molecule has 0 N–H and O–H groups in total. The Hall–Kier alpha value is -1.82. The minimum Gasteiger partial charge on any atom is -0.493 e. The first-order valence-corrected chi connectivity index (χ1v) is 10.3. The maximum Gasteiger partial charge on any atom is 0.226 e. The minimum absolute atomic E-state index is 0. The molecule has 5 nitrogen and oxygen atoms in total. The molecule has 0 aliphatic carbocycles. The Balaban J connectivity index is 0.00000160. The van der Waals surface area contributed by atoms with Crippen LogP contribution in [-0.4, -0.2) is 54.0 Å². The van der Waals surface area contributed by atoms with Gasteiger partial charge in [-0.25, -0.2) is 0 Å². The molecule has 1 fully saturated rings. The fourth-order valence-corrected chi connectivity index (χ4v) is 4.11. The normalized spacial score (nSPS) is 16.8. The van der Waals surface area contributed by atoms with Crippen LogP contribution in [0.1, 0.15) is 29.5 Å². The number of pyridine rings is 1. The number of likely N-dealkylation sites (tertiary alicyclic amines) is 1. The van der Waals surface area contributed by atoms with Gasteiger partial charge in [0.25, 0.3) is 0 Å². The van der Waals surface area contributed by atoms with E-state index in [0.717, 1.165) is 63.4 Å². The van der Waals surface area contributed by atoms with Crippen molar-refractivity contribution in [3.05, 3.63) is 59.4 Å². The van der Waals surface area contributed by atoms with E-state index >= 15 is 0 Å². The quantitative estimate of drug-likeness (QED) is 0.693. The SMILES string of the molecule is CN1CCc2ccc(OCC3CCN(C(=O)Cc4ccncc4)CC3)cc2C1.Cl.Cl. The van der Waals surface area contributed by atoms with Gasteiger partial charge in [-0.2, -0.15) is 0 Å². The first kappa shape index (κ1) is 24.4. The standard InChI is InChI=1S/C23H29N3O2.2ClH/c1-25-11-8-20-2-3-22(15-21(20)16-25)28-17-19-6-12-26(13-7-19)23(27)14-18-4-9-24-10-5-18;;/h2-5,9-10,15,19H,6-8,11-14,16-17H2,1H3;2*1H. The van der Waals surface area contributed by atoms with Gasteiger partial charge >= 0.3 is 0 Å². The summed E-state index contributed by atoms with van der Waals surface area (Å²) >= 11 is 0. The molecule has 0 bridgehead atoms. The Morgan fingerprint density at radius 1 is 1.07 bits per heavy atom. The highest BCUT2D eigenvalue weighted by Gasteiger charge is 2.23. The second kappa shape index (κ2) is 11.5. The molecule has 0 atom stereocenters. The van der Waals surface area contributed by atoms with Crippen molar-refractivity contribution in [3.63, 3.8) is 0 Å². The summed E-state index contributed by atoms with van der Waals surface area (Å²) in [5, 5.41) is 0. The molecule has 1 saturated heterocycles. The third kappa shape index (κ3) is 6.34. The number of aromatic nitrogens is 1. The van der Waals surface area contributed by atoms with Crippen LogP contribution in [0.3, 0.4) is 0 Å². The predicted molar refractivity (Wildman–Crippen MR) is 124 cm³/mol. The number of amides is 1. The van der Waals surface area contributed by atoms with Crippen LogP contribution in [0.5, 0.6) is 5.75 Å². The lowest BCUT2D eigenvalue weighted by Gasteiger charge is -2.32. The van der Waals surface area contributed by atoms with Crippen LogP contribution in [0.4, 0.5) is 0 Å². The Kier molecular flexibility index (Phi) is 9.40. The van der Waals surface area contributed by atoms with Gasteiger partial charge in [-0.15, -0.1) is 24.8 Å². The van der Waals surface area contributed by atoms with E-state index in [4.69, 9.17) is 4.74 Å². The second-order valence-electron chi connectivity index (χ2n) is 8.09. The summed E-state index contributed by atoms with van der Waals surface area (Å²) in [5.41, 5.74) is 3.87. The van der Waals surface area contributed by atoms with Gasteiger partial charge in [0.05, 0.1) is 13.0 Å². The number of carbonyl (C=O) groups is 1. The van der Waals surface area contributed by atoms with Crippen LogP contribution in [0, 0.1) is 5.92 Å². The first-order valence-electron chi connectivity index (χ1n) is 10.3. The van der Waals surface area contributed by atoms with Gasteiger partial charge in [-0.1, -0.05) is 6.07 Å². The van der Waals surface area contributed by atoms with Gasteiger partial charge in [0.2, 0.25) is 5.91 Å². The highest BCUT2D eigenvalue weighted by molar-refractivity contribution is 5.85. The van der Waals surface area contributed by atoms with Crippen LogP contribution in [0.15, 0.2) is 42.7 Å². The number of rotatable bonds is 5. The third-order valence-corrected chi connectivity index (χ3v) is 5.94. The zero-order valence-electron chi connectivity index (χ0n) is 17.5. The molecule has 0 saturated carbocycles. The minimum atomic E-state index is 0. The van der Waals surface area contributed by atoms with Gasteiger partial charge in [0.1, 0.15) is 5.75 Å². The maximum atomic E-state index is 12.5. The van der Waals surface area contributed by atoms with Crippen molar-refractivity contribution >= 4 is 30.7 Å². The Bertz CT molecular complexity index is 811. The molecule has 2 aliphatic rings. The smallest absolute Gasteiger partial charge is 0.226 e. The lowest BCUT2D eigenvalue weighted by molar-refractivity contribution is -0.132. The average molecular weight is 452 g/mol. The summed E-state index contributed by atoms with van der Waals surface area (Å²) in [4.78, 5) is 20.8. The number of nitrogens with zero attached hydrogens (tertiary/aromatic N) is 3. The summed E-state index contributed by atoms with van der Waals surface area (Å²) < 4.78 is 6.11. The number of hydrogen-bond acceptors (Lipinski definition) is 4. The molecule has 2 aliphatic heterocycles. The zero-order chi connectivity index (χ0) is 19.3. The maximum absolute atomic E-state index is 12.5. The number of ether oxygens (including phenoxy) is 1. The molecule has 164 valence electrons. The number of piperidine rings is 1. The number of likely N-dealkylation sites (N-methyl/N-ethyl adjacent to an activating group) is 1. The molecule has 4 rings (SSSR count). The molecule has 0 radical (unpaired) electrons. The van der Waals surface area contributed by atoms with Gasteiger partial charge in [0.15, 0.2) is 0 Å². The van der Waals surface area contributed by atoms with Crippen LogP contribution in [0.2, 0.25) is 0 Å². The molecule has 0 unspecified atom stereocenters. The van der Waals surface area contributed by atoms with Crippen molar-refractivity contribution in [2.45, 2.75) is 32.2 Å². The van der Waals surface area contributed by atoms with Crippen molar-refractivity contribution in [3.8, 4) is 5.75 Å². The van der Waals surface area contributed by atoms with E-state index in [0.29, 0.717) is 12.3 Å². The van der Waals surface area contributed by atoms with Crippen molar-refractivity contribution in [1.82, 2.24) is 14.8 Å². The largest absolute Gasteiger partial charge is 0.493 e. The predicted octanol–water partition coefficient (Wildman–Crippen LogP) is 3.77. The summed E-state index contributed by atoms with van der Waals surface area (Å²) in [6.07, 6.45) is 7.09.